The summed E-state index contributed by atoms with van der Waals surface area (Å²) in [7, 11) is 0. The molecule has 4 rings (SSSR count). The third-order valence-electron chi connectivity index (χ3n) is 3.94. The molecule has 0 aliphatic heterocycles. The number of aromatic nitrogens is 2. The predicted octanol–water partition coefficient (Wildman–Crippen LogP) is 4.77. The molecule has 6 nitrogen and oxygen atoms in total. The highest BCUT2D eigenvalue weighted by molar-refractivity contribution is 7.22. The number of amides is 2. The third-order valence-corrected chi connectivity index (χ3v) is 5.92. The number of nitrogens with zero attached hydrogens (tertiary/aromatic N) is 2. The molecule has 146 valence electrons. The van der Waals surface area contributed by atoms with E-state index >= 15 is 0 Å². The highest BCUT2D eigenvalue weighted by atomic mass is 35.5. The summed E-state index contributed by atoms with van der Waals surface area (Å²) in [5.41, 5.74) is 2.30. The van der Waals surface area contributed by atoms with E-state index in [0.717, 1.165) is 15.8 Å². The van der Waals surface area contributed by atoms with Gasteiger partial charge >= 0.3 is 0 Å². The monoisotopic (exact) mass is 442 g/mol. The van der Waals surface area contributed by atoms with Crippen molar-refractivity contribution < 1.29 is 9.59 Å². The fourth-order valence-corrected chi connectivity index (χ4v) is 4.55. The SMILES string of the molecule is O=C(Cc1ccccc1)Nc1nc(CC(=O)Nc2nc3ccc(Cl)cc3s2)cs1. The van der Waals surface area contributed by atoms with Crippen molar-refractivity contribution in [3.8, 4) is 0 Å². The molecule has 0 radical (unpaired) electrons. The Morgan fingerprint density at radius 3 is 2.52 bits per heavy atom. The van der Waals surface area contributed by atoms with Crippen LogP contribution >= 0.6 is 34.3 Å². The van der Waals surface area contributed by atoms with E-state index in [-0.39, 0.29) is 24.7 Å². The number of anilines is 2. The Kier molecular flexibility index (Phi) is 5.84. The number of carbonyl (C=O) groups excluding carboxylic acids is 2. The van der Waals surface area contributed by atoms with E-state index in [1.807, 2.05) is 42.5 Å². The number of hydrogen-bond acceptors (Lipinski definition) is 6. The van der Waals surface area contributed by atoms with Crippen molar-refractivity contribution in [3.05, 3.63) is 70.2 Å². The molecule has 0 aliphatic rings. The van der Waals surface area contributed by atoms with Crippen LogP contribution in [0.1, 0.15) is 11.3 Å². The second-order valence-electron chi connectivity index (χ2n) is 6.21. The Morgan fingerprint density at radius 2 is 1.69 bits per heavy atom. The van der Waals surface area contributed by atoms with Crippen LogP contribution in [0.5, 0.6) is 0 Å². The minimum atomic E-state index is -0.220. The first-order valence-electron chi connectivity index (χ1n) is 8.69. The Labute approximate surface area is 179 Å². The lowest BCUT2D eigenvalue weighted by atomic mass is 10.1. The van der Waals surface area contributed by atoms with Crippen LogP contribution in [0, 0.1) is 0 Å². The number of carbonyl (C=O) groups is 2. The number of benzene rings is 2. The van der Waals surface area contributed by atoms with Gasteiger partial charge in [0.05, 0.1) is 28.8 Å². The van der Waals surface area contributed by atoms with Crippen molar-refractivity contribution in [3.63, 3.8) is 0 Å². The molecule has 0 aliphatic carbocycles. The minimum absolute atomic E-state index is 0.0989. The van der Waals surface area contributed by atoms with Crippen LogP contribution in [0.3, 0.4) is 0 Å². The van der Waals surface area contributed by atoms with Crippen molar-refractivity contribution in [1.82, 2.24) is 9.97 Å². The molecular weight excluding hydrogens is 428 g/mol. The topological polar surface area (TPSA) is 84.0 Å². The van der Waals surface area contributed by atoms with Crippen molar-refractivity contribution >= 4 is 66.6 Å². The van der Waals surface area contributed by atoms with Gasteiger partial charge in [0.15, 0.2) is 10.3 Å². The Hall–Kier alpha value is -2.81. The average Bonchev–Trinajstić information content (AvgIpc) is 3.28. The quantitative estimate of drug-likeness (QED) is 0.450. The Bertz CT molecular complexity index is 1170. The van der Waals surface area contributed by atoms with Crippen LogP contribution in [0.15, 0.2) is 53.9 Å². The summed E-state index contributed by atoms with van der Waals surface area (Å²) in [6.07, 6.45) is 0.375. The normalized spacial score (nSPS) is 10.8. The molecule has 2 amide bonds. The molecule has 2 heterocycles. The van der Waals surface area contributed by atoms with Crippen LogP contribution in [-0.2, 0) is 22.4 Å². The van der Waals surface area contributed by atoms with E-state index in [1.165, 1.54) is 22.7 Å². The smallest absolute Gasteiger partial charge is 0.232 e. The summed E-state index contributed by atoms with van der Waals surface area (Å²) in [5.74, 6) is -0.364. The summed E-state index contributed by atoms with van der Waals surface area (Å²) in [6.45, 7) is 0. The highest BCUT2D eigenvalue weighted by Gasteiger charge is 2.12. The summed E-state index contributed by atoms with van der Waals surface area (Å²) >= 11 is 8.63. The lowest BCUT2D eigenvalue weighted by Crippen LogP contribution is -2.15. The second kappa shape index (κ2) is 8.69. The maximum atomic E-state index is 12.3. The van der Waals surface area contributed by atoms with Crippen LogP contribution < -0.4 is 10.6 Å². The molecule has 0 atom stereocenters. The molecule has 0 unspecified atom stereocenters. The van der Waals surface area contributed by atoms with Gasteiger partial charge in [-0.15, -0.1) is 11.3 Å². The zero-order chi connectivity index (χ0) is 20.2. The Morgan fingerprint density at radius 1 is 0.931 bits per heavy atom. The van der Waals surface area contributed by atoms with E-state index in [9.17, 15) is 9.59 Å². The van der Waals surface area contributed by atoms with Crippen molar-refractivity contribution in [2.45, 2.75) is 12.8 Å². The molecule has 2 aromatic carbocycles. The van der Waals surface area contributed by atoms with Gasteiger partial charge in [-0.05, 0) is 23.8 Å². The lowest BCUT2D eigenvalue weighted by Gasteiger charge is -2.02. The van der Waals surface area contributed by atoms with E-state index in [0.29, 0.717) is 21.0 Å². The summed E-state index contributed by atoms with van der Waals surface area (Å²) < 4.78 is 0.907. The number of rotatable bonds is 6. The van der Waals surface area contributed by atoms with Gasteiger partial charge in [0.2, 0.25) is 11.8 Å². The van der Waals surface area contributed by atoms with Gasteiger partial charge in [-0.1, -0.05) is 53.3 Å². The molecule has 4 aromatic rings. The van der Waals surface area contributed by atoms with Crippen molar-refractivity contribution in [2.75, 3.05) is 10.6 Å². The first-order valence-corrected chi connectivity index (χ1v) is 10.8. The van der Waals surface area contributed by atoms with Gasteiger partial charge < -0.3 is 10.6 Å². The van der Waals surface area contributed by atoms with Gasteiger partial charge in [0.25, 0.3) is 0 Å². The fourth-order valence-electron chi connectivity index (χ4n) is 2.67. The van der Waals surface area contributed by atoms with E-state index in [2.05, 4.69) is 20.6 Å². The van der Waals surface area contributed by atoms with E-state index in [4.69, 9.17) is 11.6 Å². The van der Waals surface area contributed by atoms with E-state index in [1.54, 1.807) is 11.4 Å². The standard InChI is InChI=1S/C20H15ClN4O2S2/c21-13-6-7-15-16(9-13)29-20(23-15)25-18(27)10-14-11-28-19(22-14)24-17(26)8-12-4-2-1-3-5-12/h1-7,9,11H,8,10H2,(H,22,24,26)(H,23,25,27). The maximum absolute atomic E-state index is 12.3. The number of hydrogen-bond donors (Lipinski definition) is 2. The van der Waals surface area contributed by atoms with E-state index < -0.39 is 0 Å². The van der Waals surface area contributed by atoms with Gasteiger partial charge in [0.1, 0.15) is 0 Å². The first-order chi connectivity index (χ1) is 14.0. The molecule has 2 aromatic heterocycles. The van der Waals surface area contributed by atoms with Gasteiger partial charge in [-0.2, -0.15) is 0 Å². The van der Waals surface area contributed by atoms with Gasteiger partial charge in [-0.3, -0.25) is 9.59 Å². The minimum Gasteiger partial charge on any atom is -0.302 e. The molecule has 29 heavy (non-hydrogen) atoms. The third kappa shape index (κ3) is 5.17. The second-order valence-corrected chi connectivity index (χ2v) is 8.54. The maximum Gasteiger partial charge on any atom is 0.232 e. The first kappa shape index (κ1) is 19.5. The molecular formula is C20H15ClN4O2S2. The zero-order valence-corrected chi connectivity index (χ0v) is 17.4. The molecule has 2 N–H and O–H groups in total. The van der Waals surface area contributed by atoms with Crippen LogP contribution in [-0.4, -0.2) is 21.8 Å². The largest absolute Gasteiger partial charge is 0.302 e. The van der Waals surface area contributed by atoms with Crippen molar-refractivity contribution in [1.29, 1.82) is 0 Å². The summed E-state index contributed by atoms with van der Waals surface area (Å²) in [6, 6.07) is 14.9. The van der Waals surface area contributed by atoms with Gasteiger partial charge in [-0.25, -0.2) is 9.97 Å². The average molecular weight is 443 g/mol. The highest BCUT2D eigenvalue weighted by Crippen LogP contribution is 2.28. The van der Waals surface area contributed by atoms with Crippen LogP contribution in [0.25, 0.3) is 10.2 Å². The number of fused-ring (bicyclic) bond motifs is 1. The van der Waals surface area contributed by atoms with Crippen LogP contribution in [0.2, 0.25) is 5.02 Å². The number of nitrogens with one attached hydrogen (secondary N) is 2. The van der Waals surface area contributed by atoms with Crippen LogP contribution in [0.4, 0.5) is 10.3 Å². The van der Waals surface area contributed by atoms with Gasteiger partial charge in [0, 0.05) is 10.4 Å². The molecule has 0 saturated carbocycles. The predicted molar refractivity (Wildman–Crippen MR) is 118 cm³/mol. The summed E-state index contributed by atoms with van der Waals surface area (Å²) in [5, 5.41) is 8.93. The molecule has 0 spiro atoms. The molecule has 0 bridgehead atoms. The number of halogens is 1. The fraction of sp³-hybridized carbons (Fsp3) is 0.100. The molecule has 0 fully saturated rings. The van der Waals surface area contributed by atoms with Crippen molar-refractivity contribution in [2.24, 2.45) is 0 Å². The summed E-state index contributed by atoms with van der Waals surface area (Å²) in [4.78, 5) is 33.1. The molecule has 9 heteroatoms. The number of thiazole rings is 2. The Balaban J connectivity index is 1.33. The lowest BCUT2D eigenvalue weighted by molar-refractivity contribution is -0.116. The zero-order valence-electron chi connectivity index (χ0n) is 15.0. The molecule has 0 saturated heterocycles.